The lowest BCUT2D eigenvalue weighted by atomic mass is 10.00. The first-order valence-electron chi connectivity index (χ1n) is 6.80. The van der Waals surface area contributed by atoms with Crippen LogP contribution in [0.25, 0.3) is 0 Å². The van der Waals surface area contributed by atoms with Gasteiger partial charge in [0.2, 0.25) is 0 Å². The smallest absolute Gasteiger partial charge is 0.191 e. The van der Waals surface area contributed by atoms with Crippen LogP contribution in [0.3, 0.4) is 0 Å². The molecule has 0 unspecified atom stereocenters. The van der Waals surface area contributed by atoms with E-state index in [0.29, 0.717) is 0 Å². The lowest BCUT2D eigenvalue weighted by Gasteiger charge is -2.31. The summed E-state index contributed by atoms with van der Waals surface area (Å²) in [7, 11) is 0. The van der Waals surface area contributed by atoms with Crippen molar-refractivity contribution in [1.82, 2.24) is 4.90 Å². The summed E-state index contributed by atoms with van der Waals surface area (Å²) in [6.45, 7) is 5.44. The molecule has 92 valence electrons. The molecule has 3 nitrogen and oxygen atoms in total. The molecule has 0 radical (unpaired) electrons. The van der Waals surface area contributed by atoms with Gasteiger partial charge in [-0.15, -0.1) is 0 Å². The molecule has 2 aliphatic rings. The molecule has 1 saturated carbocycles. The molecule has 1 heterocycles. The minimum atomic E-state index is 0.780. The summed E-state index contributed by atoms with van der Waals surface area (Å²) in [5.41, 5.74) is 6.00. The van der Waals surface area contributed by atoms with Crippen molar-refractivity contribution in [2.75, 3.05) is 19.6 Å². The Labute approximate surface area is 99.1 Å². The first-order chi connectivity index (χ1) is 7.75. The van der Waals surface area contributed by atoms with Crippen LogP contribution in [0.4, 0.5) is 0 Å². The van der Waals surface area contributed by atoms with E-state index >= 15 is 0 Å². The maximum atomic E-state index is 6.00. The second-order valence-corrected chi connectivity index (χ2v) is 5.50. The van der Waals surface area contributed by atoms with Gasteiger partial charge >= 0.3 is 0 Å². The van der Waals surface area contributed by atoms with Crippen molar-refractivity contribution in [2.24, 2.45) is 22.6 Å². The summed E-state index contributed by atoms with van der Waals surface area (Å²) < 4.78 is 0. The predicted molar refractivity (Wildman–Crippen MR) is 68.4 cm³/mol. The van der Waals surface area contributed by atoms with Gasteiger partial charge in [-0.1, -0.05) is 19.8 Å². The quantitative estimate of drug-likeness (QED) is 0.451. The minimum Gasteiger partial charge on any atom is -0.370 e. The van der Waals surface area contributed by atoms with Crippen LogP contribution in [0, 0.1) is 11.8 Å². The highest BCUT2D eigenvalue weighted by molar-refractivity contribution is 5.78. The number of nitrogens with zero attached hydrogens (tertiary/aromatic N) is 2. The Balaban J connectivity index is 1.64. The molecule has 0 aromatic heterocycles. The van der Waals surface area contributed by atoms with E-state index in [9.17, 15) is 0 Å². The fourth-order valence-electron chi connectivity index (χ4n) is 2.32. The van der Waals surface area contributed by atoms with Crippen LogP contribution in [0.2, 0.25) is 0 Å². The van der Waals surface area contributed by atoms with Gasteiger partial charge in [0.15, 0.2) is 5.96 Å². The van der Waals surface area contributed by atoms with E-state index in [1.54, 1.807) is 0 Å². The van der Waals surface area contributed by atoms with Crippen molar-refractivity contribution in [3.8, 4) is 0 Å². The average molecular weight is 223 g/mol. The van der Waals surface area contributed by atoms with Crippen LogP contribution >= 0.6 is 0 Å². The van der Waals surface area contributed by atoms with Crippen LogP contribution < -0.4 is 5.73 Å². The van der Waals surface area contributed by atoms with Crippen molar-refractivity contribution in [2.45, 2.75) is 45.4 Å². The van der Waals surface area contributed by atoms with Crippen molar-refractivity contribution in [3.05, 3.63) is 0 Å². The van der Waals surface area contributed by atoms with Gasteiger partial charge < -0.3 is 10.6 Å². The average Bonchev–Trinajstić information content (AvgIpc) is 3.09. The summed E-state index contributed by atoms with van der Waals surface area (Å²) >= 11 is 0. The SMILES string of the molecule is CC1CCN(C(N)=NCCCC2CC2)CC1. The number of aliphatic imine (C=N–C) groups is 1. The third-order valence-corrected chi connectivity index (χ3v) is 3.85. The molecule has 0 aromatic carbocycles. The maximum absolute atomic E-state index is 6.00. The molecule has 0 atom stereocenters. The number of likely N-dealkylation sites (tertiary alicyclic amines) is 1. The molecule has 2 N–H and O–H groups in total. The fourth-order valence-corrected chi connectivity index (χ4v) is 2.32. The highest BCUT2D eigenvalue weighted by Gasteiger charge is 2.20. The van der Waals surface area contributed by atoms with Gasteiger partial charge in [0.25, 0.3) is 0 Å². The van der Waals surface area contributed by atoms with Crippen molar-refractivity contribution >= 4 is 5.96 Å². The Morgan fingerprint density at radius 1 is 1.25 bits per heavy atom. The fraction of sp³-hybridized carbons (Fsp3) is 0.923. The van der Waals surface area contributed by atoms with Crippen LogP contribution in [0.1, 0.15) is 45.4 Å². The van der Waals surface area contributed by atoms with Gasteiger partial charge in [-0.2, -0.15) is 0 Å². The zero-order chi connectivity index (χ0) is 11.4. The third kappa shape index (κ3) is 3.69. The molecule has 3 heteroatoms. The van der Waals surface area contributed by atoms with E-state index in [4.69, 9.17) is 5.73 Å². The topological polar surface area (TPSA) is 41.6 Å². The second-order valence-electron chi connectivity index (χ2n) is 5.50. The summed E-state index contributed by atoms with van der Waals surface area (Å²) in [4.78, 5) is 6.74. The number of piperidine rings is 1. The van der Waals surface area contributed by atoms with Crippen LogP contribution in [0.15, 0.2) is 4.99 Å². The van der Waals surface area contributed by atoms with Crippen LogP contribution in [-0.4, -0.2) is 30.5 Å². The van der Waals surface area contributed by atoms with E-state index in [-0.39, 0.29) is 0 Å². The zero-order valence-corrected chi connectivity index (χ0v) is 10.5. The normalized spacial score (nSPS) is 23.8. The lowest BCUT2D eigenvalue weighted by Crippen LogP contribution is -2.42. The zero-order valence-electron chi connectivity index (χ0n) is 10.5. The monoisotopic (exact) mass is 223 g/mol. The molecule has 1 saturated heterocycles. The molecule has 1 aliphatic heterocycles. The van der Waals surface area contributed by atoms with Gasteiger partial charge in [-0.25, -0.2) is 0 Å². The molecule has 2 fully saturated rings. The number of nitrogens with two attached hydrogens (primary N) is 1. The Bertz CT molecular complexity index is 238. The van der Waals surface area contributed by atoms with E-state index in [1.807, 2.05) is 0 Å². The Morgan fingerprint density at radius 2 is 1.94 bits per heavy atom. The van der Waals surface area contributed by atoms with Crippen molar-refractivity contribution in [1.29, 1.82) is 0 Å². The molecule has 0 bridgehead atoms. The van der Waals surface area contributed by atoms with Crippen LogP contribution in [-0.2, 0) is 0 Å². The number of hydrogen-bond acceptors (Lipinski definition) is 1. The molecule has 16 heavy (non-hydrogen) atoms. The number of guanidine groups is 1. The van der Waals surface area contributed by atoms with Crippen molar-refractivity contribution in [3.63, 3.8) is 0 Å². The van der Waals surface area contributed by atoms with E-state index in [2.05, 4.69) is 16.8 Å². The lowest BCUT2D eigenvalue weighted by molar-refractivity contribution is 0.277. The van der Waals surface area contributed by atoms with Crippen molar-refractivity contribution < 1.29 is 0 Å². The first-order valence-corrected chi connectivity index (χ1v) is 6.80. The van der Waals surface area contributed by atoms with E-state index in [0.717, 1.165) is 37.4 Å². The molecule has 0 aromatic rings. The summed E-state index contributed by atoms with van der Waals surface area (Å²) in [6, 6.07) is 0. The maximum Gasteiger partial charge on any atom is 0.191 e. The summed E-state index contributed by atoms with van der Waals surface area (Å²) in [5.74, 6) is 2.66. The third-order valence-electron chi connectivity index (χ3n) is 3.85. The Kier molecular flexibility index (Phi) is 4.08. The highest BCUT2D eigenvalue weighted by Crippen LogP contribution is 2.33. The molecule has 0 amide bonds. The van der Waals surface area contributed by atoms with Gasteiger partial charge in [-0.3, -0.25) is 4.99 Å². The highest BCUT2D eigenvalue weighted by atomic mass is 15.3. The number of hydrogen-bond donors (Lipinski definition) is 1. The van der Waals surface area contributed by atoms with E-state index in [1.165, 1.54) is 38.5 Å². The number of rotatable bonds is 4. The van der Waals surface area contributed by atoms with Gasteiger partial charge in [0.05, 0.1) is 0 Å². The predicted octanol–water partition coefficient (Wildman–Crippen LogP) is 2.22. The Morgan fingerprint density at radius 3 is 2.56 bits per heavy atom. The summed E-state index contributed by atoms with van der Waals surface area (Å²) in [5, 5.41) is 0. The second kappa shape index (κ2) is 5.55. The Hall–Kier alpha value is -0.730. The molecular weight excluding hydrogens is 198 g/mol. The molecule has 0 spiro atoms. The molecule has 1 aliphatic carbocycles. The first kappa shape index (κ1) is 11.7. The minimum absolute atomic E-state index is 0.780. The van der Waals surface area contributed by atoms with Crippen LogP contribution in [0.5, 0.6) is 0 Å². The van der Waals surface area contributed by atoms with Gasteiger partial charge in [0.1, 0.15) is 0 Å². The van der Waals surface area contributed by atoms with Gasteiger partial charge in [0, 0.05) is 19.6 Å². The van der Waals surface area contributed by atoms with Gasteiger partial charge in [-0.05, 0) is 37.5 Å². The molecule has 2 rings (SSSR count). The largest absolute Gasteiger partial charge is 0.370 e. The summed E-state index contributed by atoms with van der Waals surface area (Å²) in [6.07, 6.45) is 7.99. The standard InChI is InChI=1S/C13H25N3/c1-11-6-9-16(10-7-11)13(14)15-8-2-3-12-4-5-12/h11-12H,2-10H2,1H3,(H2,14,15). The van der Waals surface area contributed by atoms with E-state index < -0.39 is 0 Å². The molecular formula is C13H25N3.